The predicted molar refractivity (Wildman–Crippen MR) is 90.7 cm³/mol. The molecule has 0 aromatic heterocycles. The van der Waals surface area contributed by atoms with Crippen LogP contribution in [0.5, 0.6) is 5.75 Å². The van der Waals surface area contributed by atoms with E-state index in [2.05, 4.69) is 10.6 Å². The highest BCUT2D eigenvalue weighted by Crippen LogP contribution is 2.26. The summed E-state index contributed by atoms with van der Waals surface area (Å²) in [5.74, 6) is -0.0129. The van der Waals surface area contributed by atoms with E-state index in [0.29, 0.717) is 17.9 Å². The van der Waals surface area contributed by atoms with E-state index in [4.69, 9.17) is 4.74 Å². The van der Waals surface area contributed by atoms with E-state index in [1.807, 2.05) is 45.0 Å². The minimum absolute atomic E-state index is 0.0468. The van der Waals surface area contributed by atoms with E-state index >= 15 is 0 Å². The molecular formula is C18H22N2O3. The fourth-order valence-corrected chi connectivity index (χ4v) is 2.28. The Morgan fingerprint density at radius 1 is 1.13 bits per heavy atom. The lowest BCUT2D eigenvalue weighted by Gasteiger charge is -2.14. The molecule has 0 spiro atoms. The van der Waals surface area contributed by atoms with Gasteiger partial charge in [-0.25, -0.2) is 0 Å². The highest BCUT2D eigenvalue weighted by molar-refractivity contribution is 6.01. The van der Waals surface area contributed by atoms with Crippen LogP contribution < -0.4 is 15.4 Å². The topological polar surface area (TPSA) is 67.4 Å². The van der Waals surface area contributed by atoms with Gasteiger partial charge in [-0.05, 0) is 43.7 Å². The lowest BCUT2D eigenvalue weighted by Crippen LogP contribution is -2.34. The van der Waals surface area contributed by atoms with E-state index in [1.54, 1.807) is 12.1 Å². The minimum Gasteiger partial charge on any atom is -0.483 e. The zero-order valence-corrected chi connectivity index (χ0v) is 13.7. The Hall–Kier alpha value is -2.56. The molecular weight excluding hydrogens is 292 g/mol. The molecule has 0 heterocycles. The molecule has 2 amide bonds. The number of hydrogen-bond acceptors (Lipinski definition) is 3. The van der Waals surface area contributed by atoms with Crippen LogP contribution in [0.4, 0.5) is 0 Å². The summed E-state index contributed by atoms with van der Waals surface area (Å²) in [6.45, 7) is 6.03. The second-order valence-corrected chi connectivity index (χ2v) is 5.57. The fraction of sp³-hybridized carbons (Fsp3) is 0.333. The van der Waals surface area contributed by atoms with Gasteiger partial charge in [0.25, 0.3) is 11.8 Å². The molecule has 2 aromatic rings. The van der Waals surface area contributed by atoms with Crippen molar-refractivity contribution in [1.29, 1.82) is 0 Å². The molecule has 0 radical (unpaired) electrons. The first-order valence-corrected chi connectivity index (χ1v) is 7.74. The summed E-state index contributed by atoms with van der Waals surface area (Å²) in [4.78, 5) is 24.0. The Bertz CT molecular complexity index is 710. The number of carbonyl (C=O) groups is 2. The van der Waals surface area contributed by atoms with Crippen LogP contribution in [0, 0.1) is 0 Å². The average molecular weight is 314 g/mol. The Kier molecular flexibility index (Phi) is 5.57. The highest BCUT2D eigenvalue weighted by Gasteiger charge is 2.15. The number of nitrogens with one attached hydrogen (secondary N) is 2. The van der Waals surface area contributed by atoms with Gasteiger partial charge in [-0.15, -0.1) is 0 Å². The Balaban J connectivity index is 2.29. The summed E-state index contributed by atoms with van der Waals surface area (Å²) >= 11 is 0. The largest absolute Gasteiger partial charge is 0.483 e. The van der Waals surface area contributed by atoms with Gasteiger partial charge >= 0.3 is 0 Å². The molecule has 5 heteroatoms. The number of rotatable bonds is 6. The van der Waals surface area contributed by atoms with Crippen molar-refractivity contribution in [3.8, 4) is 5.75 Å². The molecule has 0 aliphatic rings. The van der Waals surface area contributed by atoms with Crippen LogP contribution in [-0.2, 0) is 4.79 Å². The number of amides is 2. The van der Waals surface area contributed by atoms with Crippen LogP contribution in [0.3, 0.4) is 0 Å². The summed E-state index contributed by atoms with van der Waals surface area (Å²) < 4.78 is 5.60. The summed E-state index contributed by atoms with van der Waals surface area (Å²) in [6, 6.07) is 11.3. The van der Waals surface area contributed by atoms with Crippen molar-refractivity contribution < 1.29 is 14.3 Å². The number of carbonyl (C=O) groups excluding carboxylic acids is 2. The monoisotopic (exact) mass is 314 g/mol. The smallest absolute Gasteiger partial charge is 0.258 e. The quantitative estimate of drug-likeness (QED) is 0.861. The maximum absolute atomic E-state index is 12.2. The molecule has 0 unspecified atom stereocenters. The molecule has 0 fully saturated rings. The van der Waals surface area contributed by atoms with E-state index < -0.39 is 0 Å². The van der Waals surface area contributed by atoms with Crippen LogP contribution >= 0.6 is 0 Å². The van der Waals surface area contributed by atoms with Crippen LogP contribution in [-0.4, -0.2) is 31.0 Å². The first kappa shape index (κ1) is 16.8. The maximum atomic E-state index is 12.2. The zero-order valence-electron chi connectivity index (χ0n) is 13.7. The van der Waals surface area contributed by atoms with Crippen molar-refractivity contribution in [2.24, 2.45) is 0 Å². The Morgan fingerprint density at radius 3 is 2.39 bits per heavy atom. The van der Waals surface area contributed by atoms with Gasteiger partial charge in [0, 0.05) is 12.6 Å². The average Bonchev–Trinajstić information content (AvgIpc) is 2.51. The standard InChI is InChI=1S/C18H22N2O3/c1-4-19-18(22)15-9-13-7-5-6-8-14(13)10-16(15)23-11-17(21)20-12(2)3/h5-10,12H,4,11H2,1-3H3,(H,19,22)(H,20,21). The lowest BCUT2D eigenvalue weighted by atomic mass is 10.1. The fourth-order valence-electron chi connectivity index (χ4n) is 2.28. The molecule has 2 N–H and O–H groups in total. The van der Waals surface area contributed by atoms with E-state index in [1.165, 1.54) is 0 Å². The molecule has 5 nitrogen and oxygen atoms in total. The van der Waals surface area contributed by atoms with E-state index in [-0.39, 0.29) is 24.5 Å². The molecule has 2 aromatic carbocycles. The van der Waals surface area contributed by atoms with Crippen LogP contribution in [0.25, 0.3) is 10.8 Å². The molecule has 0 atom stereocenters. The number of fused-ring (bicyclic) bond motifs is 1. The van der Waals surface area contributed by atoms with Crippen molar-refractivity contribution in [3.05, 3.63) is 42.0 Å². The Labute approximate surface area is 136 Å². The van der Waals surface area contributed by atoms with Crippen molar-refractivity contribution in [1.82, 2.24) is 10.6 Å². The molecule has 0 aliphatic heterocycles. The van der Waals surface area contributed by atoms with Gasteiger partial charge in [-0.1, -0.05) is 24.3 Å². The first-order valence-electron chi connectivity index (χ1n) is 7.74. The van der Waals surface area contributed by atoms with Crippen molar-refractivity contribution in [2.45, 2.75) is 26.8 Å². The molecule has 23 heavy (non-hydrogen) atoms. The summed E-state index contributed by atoms with van der Waals surface area (Å²) in [5, 5.41) is 7.44. The van der Waals surface area contributed by atoms with E-state index in [0.717, 1.165) is 10.8 Å². The van der Waals surface area contributed by atoms with E-state index in [9.17, 15) is 9.59 Å². The lowest BCUT2D eigenvalue weighted by molar-refractivity contribution is -0.123. The van der Waals surface area contributed by atoms with Crippen LogP contribution in [0.1, 0.15) is 31.1 Å². The molecule has 0 aliphatic carbocycles. The normalized spacial score (nSPS) is 10.6. The first-order chi connectivity index (χ1) is 11.0. The van der Waals surface area contributed by atoms with Gasteiger partial charge in [0.2, 0.25) is 0 Å². The van der Waals surface area contributed by atoms with Crippen molar-refractivity contribution >= 4 is 22.6 Å². The predicted octanol–water partition coefficient (Wildman–Crippen LogP) is 2.49. The van der Waals surface area contributed by atoms with Gasteiger partial charge in [0.15, 0.2) is 6.61 Å². The maximum Gasteiger partial charge on any atom is 0.258 e. The third-order valence-electron chi connectivity index (χ3n) is 3.24. The molecule has 2 rings (SSSR count). The Morgan fingerprint density at radius 2 is 1.78 bits per heavy atom. The number of ether oxygens (including phenoxy) is 1. The van der Waals surface area contributed by atoms with Gasteiger partial charge in [-0.2, -0.15) is 0 Å². The molecule has 0 bridgehead atoms. The highest BCUT2D eigenvalue weighted by atomic mass is 16.5. The van der Waals surface area contributed by atoms with Gasteiger partial charge in [-0.3, -0.25) is 9.59 Å². The van der Waals surface area contributed by atoms with Gasteiger partial charge in [0.05, 0.1) is 5.56 Å². The SMILES string of the molecule is CCNC(=O)c1cc2ccccc2cc1OCC(=O)NC(C)C. The minimum atomic E-state index is -0.213. The second-order valence-electron chi connectivity index (χ2n) is 5.57. The van der Waals surface area contributed by atoms with Crippen molar-refractivity contribution in [3.63, 3.8) is 0 Å². The van der Waals surface area contributed by atoms with Crippen LogP contribution in [0.2, 0.25) is 0 Å². The third-order valence-corrected chi connectivity index (χ3v) is 3.24. The number of benzene rings is 2. The zero-order chi connectivity index (χ0) is 16.8. The van der Waals surface area contributed by atoms with Gasteiger partial charge < -0.3 is 15.4 Å². The number of hydrogen-bond donors (Lipinski definition) is 2. The summed E-state index contributed by atoms with van der Waals surface area (Å²) in [7, 11) is 0. The molecule has 122 valence electrons. The second kappa shape index (κ2) is 7.63. The third kappa shape index (κ3) is 4.45. The molecule has 0 saturated carbocycles. The summed E-state index contributed by atoms with van der Waals surface area (Å²) in [5.41, 5.74) is 0.433. The molecule has 0 saturated heterocycles. The van der Waals surface area contributed by atoms with Gasteiger partial charge in [0.1, 0.15) is 5.75 Å². The van der Waals surface area contributed by atoms with Crippen molar-refractivity contribution in [2.75, 3.05) is 13.2 Å². The van der Waals surface area contributed by atoms with Crippen LogP contribution in [0.15, 0.2) is 36.4 Å². The summed E-state index contributed by atoms with van der Waals surface area (Å²) in [6.07, 6.45) is 0.